The first-order chi connectivity index (χ1) is 8.59. The Kier molecular flexibility index (Phi) is 5.69. The molecule has 0 bridgehead atoms. The fourth-order valence-electron chi connectivity index (χ4n) is 1.07. The summed E-state index contributed by atoms with van der Waals surface area (Å²) >= 11 is 4.61. The molecule has 0 aliphatic rings. The fourth-order valence-corrected chi connectivity index (χ4v) is 1.12. The molecular weight excluding hydrogens is 253 g/mol. The molecule has 8 heteroatoms. The lowest BCUT2D eigenvalue weighted by Gasteiger charge is -2.13. The number of amides is 1. The van der Waals surface area contributed by atoms with Crippen LogP contribution in [-0.2, 0) is 14.2 Å². The predicted octanol–water partition coefficient (Wildman–Crippen LogP) is -0.838. The Bertz CT molecular complexity index is 441. The number of rotatable bonds is 6. The molecule has 0 aliphatic heterocycles. The quantitative estimate of drug-likeness (QED) is 0.204. The van der Waals surface area contributed by atoms with Crippen LogP contribution < -0.4 is 22.4 Å². The fraction of sp³-hybridized carbons (Fsp3) is 0. The van der Waals surface area contributed by atoms with Crippen molar-refractivity contribution < 1.29 is 14.2 Å². The first-order valence-electron chi connectivity index (χ1n) is 4.97. The van der Waals surface area contributed by atoms with Gasteiger partial charge in [-0.25, -0.2) is 0 Å². The molecule has 0 spiro atoms. The maximum absolute atomic E-state index is 10.5. The van der Waals surface area contributed by atoms with Crippen molar-refractivity contribution in [1.29, 1.82) is 0 Å². The van der Waals surface area contributed by atoms with E-state index in [1.165, 1.54) is 0 Å². The number of carbonyl (C=O) groups excluding carboxylic acids is 1. The van der Waals surface area contributed by atoms with Crippen molar-refractivity contribution in [3.05, 3.63) is 42.7 Å². The highest BCUT2D eigenvalue weighted by Crippen LogP contribution is 1.93. The van der Waals surface area contributed by atoms with Crippen molar-refractivity contribution in [2.75, 3.05) is 0 Å². The van der Waals surface area contributed by atoms with Gasteiger partial charge < -0.3 is 16.1 Å². The summed E-state index contributed by atoms with van der Waals surface area (Å²) in [5.74, 6) is -0.621. The molecule has 0 atom stereocenters. The zero-order chi connectivity index (χ0) is 13.4. The monoisotopic (exact) mass is 265 g/mol. The summed E-state index contributed by atoms with van der Waals surface area (Å²) in [4.78, 5) is 10.5. The number of thiocarbonyl (C=S) groups is 1. The smallest absolute Gasteiger partial charge is 0.537 e. The Morgan fingerprint density at radius 1 is 1.33 bits per heavy atom. The number of primary amides is 1. The van der Waals surface area contributed by atoms with Crippen LogP contribution in [0.5, 0.6) is 0 Å². The third-order valence-electron chi connectivity index (χ3n) is 1.77. The second-order valence-electron chi connectivity index (χ2n) is 3.17. The van der Waals surface area contributed by atoms with E-state index in [0.717, 1.165) is 17.8 Å². The van der Waals surface area contributed by atoms with E-state index in [9.17, 15) is 4.79 Å². The van der Waals surface area contributed by atoms with Gasteiger partial charge in [-0.3, -0.25) is 15.0 Å². The van der Waals surface area contributed by atoms with Gasteiger partial charge in [0.15, 0.2) is 5.11 Å². The summed E-state index contributed by atoms with van der Waals surface area (Å²) in [6, 6.07) is 9.04. The summed E-state index contributed by atoms with van der Waals surface area (Å²) in [5.41, 5.74) is 13.2. The number of hydroxylamine groups is 1. The van der Waals surface area contributed by atoms with Gasteiger partial charge in [-0.15, -0.1) is 0 Å². The Balaban J connectivity index is 2.69. The van der Waals surface area contributed by atoms with Gasteiger partial charge in [-0.1, -0.05) is 30.3 Å². The molecule has 94 valence electrons. The van der Waals surface area contributed by atoms with Crippen molar-refractivity contribution in [3.63, 3.8) is 0 Å². The molecule has 5 N–H and O–H groups in total. The third kappa shape index (κ3) is 5.33. The van der Waals surface area contributed by atoms with Gasteiger partial charge in [0, 0.05) is 6.08 Å². The van der Waals surface area contributed by atoms with Crippen LogP contribution in [0.15, 0.2) is 42.7 Å². The average Bonchev–Trinajstić information content (AvgIpc) is 2.34. The SMILES string of the molecule is NC(=O)C=COB(ONC(N)=S)c1ccccc1. The lowest BCUT2D eigenvalue weighted by Crippen LogP contribution is -2.43. The number of carbonyl (C=O) groups is 1. The average molecular weight is 265 g/mol. The van der Waals surface area contributed by atoms with Gasteiger partial charge in [0.2, 0.25) is 5.91 Å². The van der Waals surface area contributed by atoms with Gasteiger partial charge in [-0.05, 0) is 17.7 Å². The van der Waals surface area contributed by atoms with E-state index < -0.39 is 13.0 Å². The summed E-state index contributed by atoms with van der Waals surface area (Å²) in [6.45, 7) is 0. The largest absolute Gasteiger partial charge is 0.584 e. The van der Waals surface area contributed by atoms with Gasteiger partial charge >= 0.3 is 7.12 Å². The van der Waals surface area contributed by atoms with E-state index in [4.69, 9.17) is 20.9 Å². The molecule has 0 unspecified atom stereocenters. The molecule has 0 fully saturated rings. The summed E-state index contributed by atoms with van der Waals surface area (Å²) < 4.78 is 10.3. The molecule has 0 aromatic heterocycles. The normalized spacial score (nSPS) is 10.0. The van der Waals surface area contributed by atoms with E-state index in [1.54, 1.807) is 12.1 Å². The van der Waals surface area contributed by atoms with Crippen LogP contribution in [0.25, 0.3) is 0 Å². The molecule has 0 heterocycles. The second kappa shape index (κ2) is 7.31. The minimum Gasteiger partial charge on any atom is -0.537 e. The Morgan fingerprint density at radius 3 is 2.56 bits per heavy atom. The molecule has 6 nitrogen and oxygen atoms in total. The van der Waals surface area contributed by atoms with Gasteiger partial charge in [0.05, 0.1) is 6.26 Å². The van der Waals surface area contributed by atoms with Crippen molar-refractivity contribution in [2.24, 2.45) is 11.5 Å². The van der Waals surface area contributed by atoms with Crippen LogP contribution in [0, 0.1) is 0 Å². The second-order valence-corrected chi connectivity index (χ2v) is 3.61. The van der Waals surface area contributed by atoms with Crippen LogP contribution in [0.1, 0.15) is 0 Å². The molecular formula is C10H12BN3O3S. The third-order valence-corrected chi connectivity index (χ3v) is 1.86. The van der Waals surface area contributed by atoms with Crippen molar-refractivity contribution in [1.82, 2.24) is 5.48 Å². The standard InChI is InChI=1S/C10H12BN3O3S/c12-9(15)6-7-16-11(17-14-10(13)18)8-4-2-1-3-5-8/h1-7H,(H2,12,15)(H3,13,14,18). The highest BCUT2D eigenvalue weighted by atomic mass is 32.1. The zero-order valence-corrected chi connectivity index (χ0v) is 10.2. The summed E-state index contributed by atoms with van der Waals surface area (Å²) in [5, 5.41) is -0.0292. The van der Waals surface area contributed by atoms with E-state index >= 15 is 0 Å². The van der Waals surface area contributed by atoms with Crippen molar-refractivity contribution in [3.8, 4) is 0 Å². The number of nitrogens with two attached hydrogens (primary N) is 2. The highest BCUT2D eigenvalue weighted by Gasteiger charge is 2.22. The van der Waals surface area contributed by atoms with E-state index in [1.807, 2.05) is 18.2 Å². The molecule has 1 amide bonds. The van der Waals surface area contributed by atoms with Crippen LogP contribution in [0.2, 0.25) is 0 Å². The van der Waals surface area contributed by atoms with Crippen molar-refractivity contribution in [2.45, 2.75) is 0 Å². The van der Waals surface area contributed by atoms with Crippen LogP contribution in [0.4, 0.5) is 0 Å². The number of hydrogen-bond donors (Lipinski definition) is 3. The predicted molar refractivity (Wildman–Crippen MR) is 72.3 cm³/mol. The molecule has 0 radical (unpaired) electrons. The molecule has 1 rings (SSSR count). The van der Waals surface area contributed by atoms with E-state index in [0.29, 0.717) is 0 Å². The summed E-state index contributed by atoms with van der Waals surface area (Å²) in [7, 11) is -0.803. The number of hydrogen-bond acceptors (Lipinski definition) is 4. The Morgan fingerprint density at radius 2 is 2.00 bits per heavy atom. The van der Waals surface area contributed by atoms with Crippen LogP contribution in [-0.4, -0.2) is 18.1 Å². The maximum Gasteiger partial charge on any atom is 0.584 e. The molecule has 1 aromatic rings. The minimum atomic E-state index is -0.803. The number of nitrogens with one attached hydrogen (secondary N) is 1. The van der Waals surface area contributed by atoms with Gasteiger partial charge in [0.1, 0.15) is 0 Å². The number of benzene rings is 1. The van der Waals surface area contributed by atoms with Crippen molar-refractivity contribution >= 4 is 35.8 Å². The van der Waals surface area contributed by atoms with Crippen LogP contribution in [0.3, 0.4) is 0 Å². The first kappa shape index (κ1) is 14.0. The molecule has 1 aromatic carbocycles. The van der Waals surface area contributed by atoms with Crippen LogP contribution >= 0.6 is 12.2 Å². The van der Waals surface area contributed by atoms with Gasteiger partial charge in [0.25, 0.3) is 0 Å². The van der Waals surface area contributed by atoms with Gasteiger partial charge in [-0.2, -0.15) is 0 Å². The van der Waals surface area contributed by atoms with E-state index in [-0.39, 0.29) is 5.11 Å². The highest BCUT2D eigenvalue weighted by molar-refractivity contribution is 7.80. The Hall–Kier alpha value is -2.06. The Labute approximate surface area is 110 Å². The lowest BCUT2D eigenvalue weighted by molar-refractivity contribution is -0.113. The topological polar surface area (TPSA) is 99.6 Å². The first-order valence-corrected chi connectivity index (χ1v) is 5.38. The minimum absolute atomic E-state index is 0.0292. The molecule has 0 saturated heterocycles. The molecule has 0 saturated carbocycles. The lowest BCUT2D eigenvalue weighted by atomic mass is 9.79. The summed E-state index contributed by atoms with van der Waals surface area (Å²) in [6.07, 6.45) is 2.21. The molecule has 18 heavy (non-hydrogen) atoms. The maximum atomic E-state index is 10.5. The molecule has 0 aliphatic carbocycles. The zero-order valence-electron chi connectivity index (χ0n) is 9.41. The van der Waals surface area contributed by atoms with E-state index in [2.05, 4.69) is 17.7 Å².